The van der Waals surface area contributed by atoms with E-state index in [0.29, 0.717) is 29.4 Å². The van der Waals surface area contributed by atoms with E-state index in [0.717, 1.165) is 19.3 Å². The molecule has 1 atom stereocenters. The zero-order valence-electron chi connectivity index (χ0n) is 21.4. The van der Waals surface area contributed by atoms with Crippen LogP contribution in [0.15, 0.2) is 54.7 Å². The molecule has 1 aliphatic rings. The van der Waals surface area contributed by atoms with E-state index in [9.17, 15) is 22.5 Å². The van der Waals surface area contributed by atoms with Crippen molar-refractivity contribution < 1.29 is 32.1 Å². The van der Waals surface area contributed by atoms with E-state index in [-0.39, 0.29) is 24.3 Å². The standard InChI is InChI=1S/C26H29F3N5O4P/c1-39(2,36)22-9-4-3-8-21(22)32-23-20(26(27,28)29)15-30-25(33-23)31-18-12-10-17(11-13-18)24(35)34-38-16-19-7-5-6-14-37-19/h3-4,8-13,15,19H,5-7,14,16H2,1-2H3,(H,34,35)(H2,30,31,32,33). The van der Waals surface area contributed by atoms with E-state index in [2.05, 4.69) is 26.1 Å². The van der Waals surface area contributed by atoms with E-state index in [1.807, 2.05) is 0 Å². The first-order valence-electron chi connectivity index (χ1n) is 12.3. The number of hydroxylamine groups is 1. The third kappa shape index (κ3) is 7.78. The summed E-state index contributed by atoms with van der Waals surface area (Å²) in [6.07, 6.45) is -1.14. The molecule has 1 fully saturated rings. The molecule has 1 amide bonds. The van der Waals surface area contributed by atoms with Gasteiger partial charge in [-0.3, -0.25) is 9.63 Å². The summed E-state index contributed by atoms with van der Waals surface area (Å²) in [7, 11) is -2.79. The summed E-state index contributed by atoms with van der Waals surface area (Å²) >= 11 is 0. The Kier molecular flexibility index (Phi) is 8.89. The first-order valence-corrected chi connectivity index (χ1v) is 14.9. The van der Waals surface area contributed by atoms with Gasteiger partial charge in [0.2, 0.25) is 5.95 Å². The second-order valence-corrected chi connectivity index (χ2v) is 12.6. The Bertz CT molecular complexity index is 1340. The minimum absolute atomic E-state index is 0.0457. The van der Waals surface area contributed by atoms with Crippen molar-refractivity contribution in [2.45, 2.75) is 31.5 Å². The smallest absolute Gasteiger partial charge is 0.376 e. The van der Waals surface area contributed by atoms with Crippen molar-refractivity contribution in [3.05, 3.63) is 65.9 Å². The number of halogens is 3. The molecule has 1 aliphatic heterocycles. The molecule has 208 valence electrons. The number of benzene rings is 2. The molecular weight excluding hydrogens is 534 g/mol. The summed E-state index contributed by atoms with van der Waals surface area (Å²) in [6, 6.07) is 12.6. The van der Waals surface area contributed by atoms with Gasteiger partial charge in [0.15, 0.2) is 0 Å². The third-order valence-electron chi connectivity index (χ3n) is 5.94. The summed E-state index contributed by atoms with van der Waals surface area (Å²) < 4.78 is 59.3. The fourth-order valence-corrected chi connectivity index (χ4v) is 5.11. The molecule has 9 nitrogen and oxygen atoms in total. The van der Waals surface area contributed by atoms with E-state index in [1.54, 1.807) is 36.4 Å². The van der Waals surface area contributed by atoms with Crippen LogP contribution in [0.4, 0.5) is 36.3 Å². The highest BCUT2D eigenvalue weighted by Crippen LogP contribution is 2.40. The number of ether oxygens (including phenoxy) is 1. The van der Waals surface area contributed by atoms with Crippen LogP contribution in [-0.4, -0.2) is 48.5 Å². The van der Waals surface area contributed by atoms with Gasteiger partial charge in [-0.05, 0) is 69.0 Å². The Morgan fingerprint density at radius 3 is 2.51 bits per heavy atom. The van der Waals surface area contributed by atoms with Crippen molar-refractivity contribution >= 4 is 41.5 Å². The molecule has 0 bridgehead atoms. The lowest BCUT2D eigenvalue weighted by molar-refractivity contribution is -0.137. The number of hydrogen-bond donors (Lipinski definition) is 3. The van der Waals surface area contributed by atoms with Crippen LogP contribution in [0.3, 0.4) is 0 Å². The van der Waals surface area contributed by atoms with E-state index in [1.165, 1.54) is 25.5 Å². The summed E-state index contributed by atoms with van der Waals surface area (Å²) in [4.78, 5) is 25.5. The number of carbonyl (C=O) groups is 1. The summed E-state index contributed by atoms with van der Waals surface area (Å²) in [5.41, 5.74) is 2.33. The number of aromatic nitrogens is 2. The summed E-state index contributed by atoms with van der Waals surface area (Å²) in [6.45, 7) is 4.01. The Labute approximate surface area is 223 Å². The molecule has 3 N–H and O–H groups in total. The SMILES string of the molecule is CP(C)(=O)c1ccccc1Nc1nc(Nc2ccc(C(=O)NOCC3CCCCO3)cc2)ncc1C(F)(F)F. The molecule has 0 radical (unpaired) electrons. The number of nitrogens with zero attached hydrogens (tertiary/aromatic N) is 2. The molecule has 0 saturated carbocycles. The van der Waals surface area contributed by atoms with Gasteiger partial charge in [0, 0.05) is 29.4 Å². The molecule has 1 saturated heterocycles. The van der Waals surface area contributed by atoms with Crippen LogP contribution in [-0.2, 0) is 20.3 Å². The predicted octanol–water partition coefficient (Wildman–Crippen LogP) is 5.46. The van der Waals surface area contributed by atoms with Crippen LogP contribution in [0.1, 0.15) is 35.2 Å². The maximum absolute atomic E-state index is 13.7. The lowest BCUT2D eigenvalue weighted by atomic mass is 10.1. The topological polar surface area (TPSA) is 114 Å². The number of alkyl halides is 3. The van der Waals surface area contributed by atoms with E-state index >= 15 is 0 Å². The minimum Gasteiger partial charge on any atom is -0.376 e. The fourth-order valence-electron chi connectivity index (χ4n) is 3.95. The lowest BCUT2D eigenvalue weighted by Crippen LogP contribution is -2.31. The second kappa shape index (κ2) is 12.1. The summed E-state index contributed by atoms with van der Waals surface area (Å²) in [5.74, 6) is -1.04. The van der Waals surface area contributed by atoms with Gasteiger partial charge in [-0.1, -0.05) is 12.1 Å². The molecule has 2 aromatic carbocycles. The monoisotopic (exact) mass is 563 g/mol. The van der Waals surface area contributed by atoms with Gasteiger partial charge in [-0.2, -0.15) is 18.2 Å². The van der Waals surface area contributed by atoms with Gasteiger partial charge in [-0.25, -0.2) is 10.5 Å². The molecule has 39 heavy (non-hydrogen) atoms. The number of rotatable bonds is 9. The number of nitrogens with one attached hydrogen (secondary N) is 3. The Morgan fingerprint density at radius 2 is 1.85 bits per heavy atom. The van der Waals surface area contributed by atoms with Gasteiger partial charge < -0.3 is 19.9 Å². The molecule has 4 rings (SSSR count). The molecule has 3 aromatic rings. The quantitative estimate of drug-likeness (QED) is 0.232. The minimum atomic E-state index is -4.72. The fraction of sp³-hybridized carbons (Fsp3) is 0.346. The second-order valence-electron chi connectivity index (χ2n) is 9.38. The third-order valence-corrected chi connectivity index (χ3v) is 7.49. The number of anilines is 4. The zero-order chi connectivity index (χ0) is 28.0. The highest BCUT2D eigenvalue weighted by atomic mass is 31.2. The van der Waals surface area contributed by atoms with Crippen molar-refractivity contribution in [2.24, 2.45) is 0 Å². The van der Waals surface area contributed by atoms with Gasteiger partial charge >= 0.3 is 6.18 Å². The summed E-state index contributed by atoms with van der Waals surface area (Å²) in [5, 5.41) is 5.93. The van der Waals surface area contributed by atoms with Crippen molar-refractivity contribution in [1.29, 1.82) is 0 Å². The van der Waals surface area contributed by atoms with Crippen LogP contribution in [0, 0.1) is 0 Å². The first-order chi connectivity index (χ1) is 18.5. The number of amides is 1. The maximum atomic E-state index is 13.7. The molecular formula is C26H29F3N5O4P. The van der Waals surface area contributed by atoms with Crippen molar-refractivity contribution in [3.8, 4) is 0 Å². The van der Waals surface area contributed by atoms with Crippen LogP contribution in [0.25, 0.3) is 0 Å². The van der Waals surface area contributed by atoms with Gasteiger partial charge in [0.05, 0.1) is 11.8 Å². The molecule has 0 spiro atoms. The van der Waals surface area contributed by atoms with Crippen molar-refractivity contribution in [3.63, 3.8) is 0 Å². The van der Waals surface area contributed by atoms with Crippen LogP contribution >= 0.6 is 7.14 Å². The number of hydrogen-bond acceptors (Lipinski definition) is 8. The number of carbonyl (C=O) groups excluding carboxylic acids is 1. The number of para-hydroxylation sites is 1. The van der Waals surface area contributed by atoms with Crippen molar-refractivity contribution in [1.82, 2.24) is 15.4 Å². The lowest BCUT2D eigenvalue weighted by Gasteiger charge is -2.22. The average molecular weight is 564 g/mol. The average Bonchev–Trinajstić information content (AvgIpc) is 2.89. The molecule has 2 heterocycles. The van der Waals surface area contributed by atoms with Gasteiger partial charge in [-0.15, -0.1) is 0 Å². The van der Waals surface area contributed by atoms with Crippen LogP contribution in [0.2, 0.25) is 0 Å². The predicted molar refractivity (Wildman–Crippen MR) is 143 cm³/mol. The highest BCUT2D eigenvalue weighted by Gasteiger charge is 2.35. The zero-order valence-corrected chi connectivity index (χ0v) is 22.3. The molecule has 0 aliphatic carbocycles. The molecule has 1 aromatic heterocycles. The maximum Gasteiger partial charge on any atom is 0.421 e. The van der Waals surface area contributed by atoms with Gasteiger partial charge in [0.25, 0.3) is 5.91 Å². The Balaban J connectivity index is 1.46. The molecule has 13 heteroatoms. The highest BCUT2D eigenvalue weighted by molar-refractivity contribution is 7.70. The van der Waals surface area contributed by atoms with E-state index < -0.39 is 30.6 Å². The van der Waals surface area contributed by atoms with Crippen LogP contribution < -0.4 is 21.4 Å². The van der Waals surface area contributed by atoms with Crippen LogP contribution in [0.5, 0.6) is 0 Å². The Morgan fingerprint density at radius 1 is 1.10 bits per heavy atom. The normalized spacial score (nSPS) is 16.0. The molecule has 1 unspecified atom stereocenters. The Hall–Kier alpha value is -3.47. The van der Waals surface area contributed by atoms with Crippen molar-refractivity contribution in [2.75, 3.05) is 37.2 Å². The first kappa shape index (κ1) is 28.5. The van der Waals surface area contributed by atoms with Gasteiger partial charge in [0.1, 0.15) is 25.1 Å². The van der Waals surface area contributed by atoms with E-state index in [4.69, 9.17) is 9.57 Å². The largest absolute Gasteiger partial charge is 0.421 e.